The van der Waals surface area contributed by atoms with Gasteiger partial charge in [0.05, 0.1) is 20.3 Å². The maximum Gasteiger partial charge on any atom is 0.357 e. The van der Waals surface area contributed by atoms with Gasteiger partial charge in [-0.1, -0.05) is 30.3 Å². The number of hydrogen-bond donors (Lipinski definition) is 0. The summed E-state index contributed by atoms with van der Waals surface area (Å²) in [5.74, 6) is 0.443. The first kappa shape index (κ1) is 18.3. The van der Waals surface area contributed by atoms with E-state index in [1.807, 2.05) is 30.3 Å². The monoisotopic (exact) mass is 392 g/mol. The number of aromatic nitrogens is 2. The zero-order valence-electron chi connectivity index (χ0n) is 15.7. The number of rotatable bonds is 6. The summed E-state index contributed by atoms with van der Waals surface area (Å²) < 4.78 is 12.6. The Balaban J connectivity index is 1.77. The first-order valence-electron chi connectivity index (χ1n) is 9.04. The van der Waals surface area contributed by atoms with Gasteiger partial charge in [0.25, 0.3) is 0 Å². The number of thiazole rings is 1. The van der Waals surface area contributed by atoms with Crippen LogP contribution in [0.15, 0.2) is 60.0 Å². The summed E-state index contributed by atoms with van der Waals surface area (Å²) in [4.78, 5) is 16.4. The predicted molar refractivity (Wildman–Crippen MR) is 111 cm³/mol. The smallest absolute Gasteiger partial charge is 0.357 e. The Labute approximate surface area is 167 Å². The summed E-state index contributed by atoms with van der Waals surface area (Å²) in [5, 5.41) is 3.71. The Kier molecular flexibility index (Phi) is 5.12. The number of fused-ring (bicyclic) bond motifs is 1. The lowest BCUT2D eigenvalue weighted by Crippen LogP contribution is -2.06. The van der Waals surface area contributed by atoms with Gasteiger partial charge in [0.1, 0.15) is 10.8 Å². The third kappa shape index (κ3) is 3.51. The summed E-state index contributed by atoms with van der Waals surface area (Å²) in [6.07, 6.45) is 0. The van der Waals surface area contributed by atoms with E-state index in [1.165, 1.54) is 11.3 Å². The van der Waals surface area contributed by atoms with E-state index in [0.29, 0.717) is 18.8 Å². The fourth-order valence-corrected chi connectivity index (χ4v) is 3.96. The highest BCUT2D eigenvalue weighted by Crippen LogP contribution is 2.31. The van der Waals surface area contributed by atoms with Crippen molar-refractivity contribution in [1.29, 1.82) is 0 Å². The number of methoxy groups -OCH3 is 1. The van der Waals surface area contributed by atoms with Crippen molar-refractivity contribution in [2.24, 2.45) is 0 Å². The van der Waals surface area contributed by atoms with Crippen molar-refractivity contribution in [2.75, 3.05) is 13.7 Å². The molecule has 5 nitrogen and oxygen atoms in total. The van der Waals surface area contributed by atoms with E-state index in [2.05, 4.69) is 33.8 Å². The Morgan fingerprint density at radius 2 is 1.96 bits per heavy atom. The zero-order chi connectivity index (χ0) is 19.5. The van der Waals surface area contributed by atoms with Crippen LogP contribution in [0.3, 0.4) is 0 Å². The quantitative estimate of drug-likeness (QED) is 0.433. The van der Waals surface area contributed by atoms with Crippen LogP contribution >= 0.6 is 11.3 Å². The first-order chi connectivity index (χ1) is 13.7. The second-order valence-corrected chi connectivity index (χ2v) is 7.20. The van der Waals surface area contributed by atoms with Crippen molar-refractivity contribution in [2.45, 2.75) is 13.5 Å². The van der Waals surface area contributed by atoms with Crippen LogP contribution in [0.2, 0.25) is 0 Å². The van der Waals surface area contributed by atoms with Gasteiger partial charge in [0.15, 0.2) is 5.69 Å². The topological polar surface area (TPSA) is 53.4 Å². The minimum absolute atomic E-state index is 0.341. The minimum Gasteiger partial charge on any atom is -0.497 e. The van der Waals surface area contributed by atoms with Crippen molar-refractivity contribution in [3.05, 3.63) is 70.7 Å². The molecule has 0 unspecified atom stereocenters. The van der Waals surface area contributed by atoms with E-state index in [0.717, 1.165) is 32.9 Å². The third-order valence-corrected chi connectivity index (χ3v) is 5.34. The van der Waals surface area contributed by atoms with Crippen LogP contribution in [0.5, 0.6) is 5.75 Å². The van der Waals surface area contributed by atoms with Crippen molar-refractivity contribution < 1.29 is 14.3 Å². The second-order valence-electron chi connectivity index (χ2n) is 6.25. The van der Waals surface area contributed by atoms with Gasteiger partial charge in [-0.15, -0.1) is 11.3 Å². The van der Waals surface area contributed by atoms with Gasteiger partial charge in [-0.25, -0.2) is 9.78 Å². The van der Waals surface area contributed by atoms with Crippen LogP contribution in [-0.2, 0) is 11.3 Å². The Bertz CT molecular complexity index is 1120. The van der Waals surface area contributed by atoms with Crippen molar-refractivity contribution >= 4 is 28.2 Å². The number of esters is 1. The molecule has 0 fully saturated rings. The average molecular weight is 392 g/mol. The Hall–Kier alpha value is -3.12. The van der Waals surface area contributed by atoms with E-state index in [1.54, 1.807) is 19.4 Å². The van der Waals surface area contributed by atoms with Crippen LogP contribution < -0.4 is 4.74 Å². The highest BCUT2D eigenvalue weighted by molar-refractivity contribution is 7.09. The van der Waals surface area contributed by atoms with Crippen LogP contribution in [0.25, 0.3) is 22.2 Å². The van der Waals surface area contributed by atoms with Gasteiger partial charge in [-0.05, 0) is 36.8 Å². The summed E-state index contributed by atoms with van der Waals surface area (Å²) in [6.45, 7) is 2.70. The number of hydrogen-bond acceptors (Lipinski definition) is 5. The fraction of sp³-hybridized carbons (Fsp3) is 0.182. The molecule has 0 spiro atoms. The van der Waals surface area contributed by atoms with Gasteiger partial charge in [-0.2, -0.15) is 0 Å². The normalized spacial score (nSPS) is 10.9. The highest BCUT2D eigenvalue weighted by atomic mass is 32.1. The van der Waals surface area contributed by atoms with E-state index in [4.69, 9.17) is 9.47 Å². The highest BCUT2D eigenvalue weighted by Gasteiger charge is 2.16. The van der Waals surface area contributed by atoms with Gasteiger partial charge >= 0.3 is 5.97 Å². The molecule has 0 saturated carbocycles. The molecular weight excluding hydrogens is 372 g/mol. The summed E-state index contributed by atoms with van der Waals surface area (Å²) in [6, 6.07) is 18.4. The Morgan fingerprint density at radius 3 is 2.71 bits per heavy atom. The van der Waals surface area contributed by atoms with Crippen LogP contribution in [0.4, 0.5) is 0 Å². The molecule has 28 heavy (non-hydrogen) atoms. The molecule has 2 aromatic heterocycles. The first-order valence-corrected chi connectivity index (χ1v) is 9.91. The molecule has 142 valence electrons. The average Bonchev–Trinajstić information content (AvgIpc) is 3.34. The molecule has 0 radical (unpaired) electrons. The van der Waals surface area contributed by atoms with E-state index >= 15 is 0 Å². The molecular formula is C22H20N2O3S. The largest absolute Gasteiger partial charge is 0.497 e. The number of carbonyl (C=O) groups is 1. The second kappa shape index (κ2) is 7.86. The Morgan fingerprint density at radius 1 is 1.14 bits per heavy atom. The lowest BCUT2D eigenvalue weighted by molar-refractivity contribution is 0.0520. The van der Waals surface area contributed by atoms with Crippen LogP contribution in [-0.4, -0.2) is 29.2 Å². The molecule has 0 saturated heterocycles. The van der Waals surface area contributed by atoms with E-state index < -0.39 is 0 Å². The fourth-order valence-electron chi connectivity index (χ4n) is 3.21. The maximum atomic E-state index is 11.9. The lowest BCUT2D eigenvalue weighted by atomic mass is 10.1. The van der Waals surface area contributed by atoms with Crippen molar-refractivity contribution in [1.82, 2.24) is 9.55 Å². The lowest BCUT2D eigenvalue weighted by Gasteiger charge is -2.10. The van der Waals surface area contributed by atoms with E-state index in [9.17, 15) is 4.79 Å². The van der Waals surface area contributed by atoms with Crippen molar-refractivity contribution in [3.8, 4) is 17.0 Å². The number of ether oxygens (including phenoxy) is 2. The van der Waals surface area contributed by atoms with Crippen LogP contribution in [0, 0.1) is 0 Å². The number of carbonyl (C=O) groups excluding carboxylic acids is 1. The molecule has 0 bridgehead atoms. The molecule has 0 atom stereocenters. The molecule has 0 N–H and O–H groups in total. The minimum atomic E-state index is -0.379. The molecule has 4 aromatic rings. The van der Waals surface area contributed by atoms with Gasteiger partial charge < -0.3 is 14.0 Å². The summed E-state index contributed by atoms with van der Waals surface area (Å²) in [5.41, 5.74) is 3.67. The molecule has 0 aliphatic carbocycles. The maximum absolute atomic E-state index is 11.9. The molecule has 0 aliphatic heterocycles. The third-order valence-electron chi connectivity index (χ3n) is 4.51. The molecule has 0 amide bonds. The van der Waals surface area contributed by atoms with Gasteiger partial charge in [0.2, 0.25) is 0 Å². The predicted octanol–water partition coefficient (Wildman–Crippen LogP) is 5.00. The van der Waals surface area contributed by atoms with Crippen LogP contribution in [0.1, 0.15) is 22.4 Å². The molecule has 6 heteroatoms. The summed E-state index contributed by atoms with van der Waals surface area (Å²) >= 11 is 1.46. The van der Waals surface area contributed by atoms with E-state index in [-0.39, 0.29) is 5.97 Å². The van der Waals surface area contributed by atoms with Crippen molar-refractivity contribution in [3.63, 3.8) is 0 Å². The molecule has 2 aromatic carbocycles. The molecule has 2 heterocycles. The molecule has 0 aliphatic rings. The molecule has 4 rings (SSSR count). The van der Waals surface area contributed by atoms with Gasteiger partial charge in [0, 0.05) is 22.0 Å². The van der Waals surface area contributed by atoms with Gasteiger partial charge in [-0.3, -0.25) is 0 Å². The zero-order valence-corrected chi connectivity index (χ0v) is 16.5. The number of nitrogens with zero attached hydrogens (tertiary/aromatic N) is 2. The standard InChI is InChI=1S/C22H20N2O3S/c1-3-27-22(25)18-14-28-21(23-18)13-24-19-10-9-17(26-2)11-16(19)12-20(24)15-7-5-4-6-8-15/h4-12,14H,3,13H2,1-2H3. The number of benzene rings is 2. The SMILES string of the molecule is CCOC(=O)c1csc(Cn2c(-c3ccccc3)cc3cc(OC)ccc32)n1. The summed E-state index contributed by atoms with van der Waals surface area (Å²) in [7, 11) is 1.67.